The van der Waals surface area contributed by atoms with Gasteiger partial charge >= 0.3 is 0 Å². The fraction of sp³-hybridized carbons (Fsp3) is 0.474. The number of nitrogens with zero attached hydrogens (tertiary/aromatic N) is 3. The van der Waals surface area contributed by atoms with Crippen LogP contribution in [0.25, 0.3) is 0 Å². The van der Waals surface area contributed by atoms with Crippen LogP contribution in [0.4, 0.5) is 0 Å². The first kappa shape index (κ1) is 18.2. The molecule has 1 atom stereocenters. The Balaban J connectivity index is 2.10. The van der Waals surface area contributed by atoms with E-state index in [1.54, 1.807) is 6.33 Å². The van der Waals surface area contributed by atoms with Crippen LogP contribution in [0.3, 0.4) is 0 Å². The fourth-order valence-electron chi connectivity index (χ4n) is 2.71. The summed E-state index contributed by atoms with van der Waals surface area (Å²) in [5.74, 6) is 1.90. The number of hydrogen-bond acceptors (Lipinski definition) is 4. The van der Waals surface area contributed by atoms with E-state index in [0.29, 0.717) is 0 Å². The lowest BCUT2D eigenvalue weighted by Crippen LogP contribution is -2.23. The van der Waals surface area contributed by atoms with E-state index in [9.17, 15) is 0 Å². The molecule has 130 valence electrons. The number of hydrogen-bond donors (Lipinski definition) is 1. The molecule has 0 radical (unpaired) electrons. The molecule has 2 rings (SSSR count). The van der Waals surface area contributed by atoms with Crippen molar-refractivity contribution in [3.63, 3.8) is 0 Å². The predicted molar refractivity (Wildman–Crippen MR) is 97.0 cm³/mol. The van der Waals surface area contributed by atoms with E-state index < -0.39 is 0 Å². The second-order valence-electron chi connectivity index (χ2n) is 6.19. The highest BCUT2D eigenvalue weighted by molar-refractivity contribution is 5.38. The number of rotatable bonds is 9. The highest BCUT2D eigenvalue weighted by atomic mass is 16.5. The topological polar surface area (TPSA) is 52.0 Å². The van der Waals surface area contributed by atoms with Gasteiger partial charge in [0, 0.05) is 13.6 Å². The van der Waals surface area contributed by atoms with E-state index in [0.717, 1.165) is 31.0 Å². The smallest absolute Gasteiger partial charge is 0.143 e. The third kappa shape index (κ3) is 4.68. The lowest BCUT2D eigenvalue weighted by atomic mass is 10.1. The van der Waals surface area contributed by atoms with Crippen LogP contribution in [-0.4, -0.2) is 20.9 Å². The van der Waals surface area contributed by atoms with Gasteiger partial charge in [-0.15, -0.1) is 6.58 Å². The summed E-state index contributed by atoms with van der Waals surface area (Å²) in [4.78, 5) is 4.35. The summed E-state index contributed by atoms with van der Waals surface area (Å²) in [6.45, 7) is 10.9. The Morgan fingerprint density at radius 1 is 1.38 bits per heavy atom. The van der Waals surface area contributed by atoms with Gasteiger partial charge in [0.15, 0.2) is 0 Å². The molecule has 0 saturated carbocycles. The van der Waals surface area contributed by atoms with Crippen LogP contribution < -0.4 is 10.1 Å². The van der Waals surface area contributed by atoms with Gasteiger partial charge in [0.2, 0.25) is 0 Å². The van der Waals surface area contributed by atoms with Gasteiger partial charge in [-0.25, -0.2) is 4.98 Å². The lowest BCUT2D eigenvalue weighted by Gasteiger charge is -2.18. The molecule has 0 aliphatic carbocycles. The van der Waals surface area contributed by atoms with Crippen molar-refractivity contribution < 1.29 is 4.74 Å². The molecular weight excluding hydrogens is 300 g/mol. The third-order valence-corrected chi connectivity index (χ3v) is 3.87. The highest BCUT2D eigenvalue weighted by Crippen LogP contribution is 2.23. The Bertz CT molecular complexity index is 663. The van der Waals surface area contributed by atoms with Crippen molar-refractivity contribution >= 4 is 0 Å². The second kappa shape index (κ2) is 8.64. The van der Waals surface area contributed by atoms with Gasteiger partial charge in [0.05, 0.1) is 12.1 Å². The Morgan fingerprint density at radius 3 is 2.75 bits per heavy atom. The van der Waals surface area contributed by atoms with Crippen molar-refractivity contribution in [3.8, 4) is 5.75 Å². The van der Waals surface area contributed by atoms with Gasteiger partial charge in [0.25, 0.3) is 0 Å². The fourth-order valence-corrected chi connectivity index (χ4v) is 2.71. The van der Waals surface area contributed by atoms with Crippen molar-refractivity contribution in [3.05, 3.63) is 54.1 Å². The number of benzene rings is 1. The van der Waals surface area contributed by atoms with Crippen molar-refractivity contribution in [2.24, 2.45) is 7.05 Å². The van der Waals surface area contributed by atoms with E-state index in [4.69, 9.17) is 4.74 Å². The number of allylic oxidation sites excluding steroid dienone is 1. The summed E-state index contributed by atoms with van der Waals surface area (Å²) in [5, 5.41) is 7.72. The third-order valence-electron chi connectivity index (χ3n) is 3.87. The molecule has 5 nitrogen and oxygen atoms in total. The zero-order chi connectivity index (χ0) is 17.5. The average Bonchev–Trinajstić information content (AvgIpc) is 2.96. The summed E-state index contributed by atoms with van der Waals surface area (Å²) < 4.78 is 7.71. The monoisotopic (exact) mass is 328 g/mol. The zero-order valence-corrected chi connectivity index (χ0v) is 15.1. The minimum atomic E-state index is 0.165. The Hall–Kier alpha value is -2.14. The van der Waals surface area contributed by atoms with E-state index in [1.165, 1.54) is 11.1 Å². The normalized spacial score (nSPS) is 12.4. The number of aromatic nitrogens is 3. The molecule has 1 N–H and O–H groups in total. The molecular formula is C19H28N4O. The Labute approximate surface area is 144 Å². The number of nitrogens with one attached hydrogen (secondary N) is 1. The molecule has 1 unspecified atom stereocenters. The number of aryl methyl sites for hydroxylation is 1. The predicted octanol–water partition coefficient (Wildman–Crippen LogP) is 3.57. The van der Waals surface area contributed by atoms with Gasteiger partial charge in [0.1, 0.15) is 17.9 Å². The van der Waals surface area contributed by atoms with Crippen LogP contribution in [0.1, 0.15) is 50.2 Å². The van der Waals surface area contributed by atoms with Gasteiger partial charge in [-0.05, 0) is 43.9 Å². The molecule has 0 fully saturated rings. The van der Waals surface area contributed by atoms with E-state index >= 15 is 0 Å². The van der Waals surface area contributed by atoms with E-state index in [1.807, 2.05) is 31.7 Å². The first-order chi connectivity index (χ1) is 11.5. The molecule has 24 heavy (non-hydrogen) atoms. The SMILES string of the molecule is C=CCc1cc(CNC(CC)c2ncnn2C)ccc1OC(C)C. The minimum Gasteiger partial charge on any atom is -0.491 e. The maximum atomic E-state index is 5.88. The van der Waals surface area contributed by atoms with Crippen molar-refractivity contribution in [1.82, 2.24) is 20.1 Å². The van der Waals surface area contributed by atoms with Gasteiger partial charge in [-0.3, -0.25) is 4.68 Å². The van der Waals surface area contributed by atoms with Crippen molar-refractivity contribution in [2.45, 2.75) is 52.3 Å². The standard InChI is InChI=1S/C19H28N4O/c1-6-8-16-11-15(9-10-18(16)24-14(3)4)12-20-17(7-2)19-21-13-22-23(19)5/h6,9-11,13-14,17,20H,1,7-8,12H2,2-5H3. The van der Waals surface area contributed by atoms with Gasteiger partial charge in [-0.1, -0.05) is 25.1 Å². The van der Waals surface area contributed by atoms with Crippen LogP contribution in [0.5, 0.6) is 5.75 Å². The number of ether oxygens (including phenoxy) is 1. The van der Waals surface area contributed by atoms with Crippen LogP contribution >= 0.6 is 0 Å². The quantitative estimate of drug-likeness (QED) is 0.715. The molecule has 1 aromatic carbocycles. The van der Waals surface area contributed by atoms with E-state index in [2.05, 4.69) is 47.1 Å². The molecule has 0 amide bonds. The average molecular weight is 328 g/mol. The van der Waals surface area contributed by atoms with Crippen LogP contribution in [-0.2, 0) is 20.0 Å². The lowest BCUT2D eigenvalue weighted by molar-refractivity contribution is 0.240. The molecule has 2 aromatic rings. The molecule has 0 aliphatic rings. The molecule has 0 bridgehead atoms. The van der Waals surface area contributed by atoms with Crippen molar-refractivity contribution in [1.29, 1.82) is 0 Å². The largest absolute Gasteiger partial charge is 0.491 e. The van der Waals surface area contributed by atoms with Gasteiger partial charge < -0.3 is 10.1 Å². The Kier molecular flexibility index (Phi) is 6.55. The zero-order valence-electron chi connectivity index (χ0n) is 15.1. The second-order valence-corrected chi connectivity index (χ2v) is 6.19. The maximum Gasteiger partial charge on any atom is 0.143 e. The van der Waals surface area contributed by atoms with Crippen LogP contribution in [0.15, 0.2) is 37.2 Å². The molecule has 1 heterocycles. The summed E-state index contributed by atoms with van der Waals surface area (Å²) in [6.07, 6.45) is 5.43. The molecule has 1 aromatic heterocycles. The highest BCUT2D eigenvalue weighted by Gasteiger charge is 2.14. The summed E-state index contributed by atoms with van der Waals surface area (Å²) in [7, 11) is 1.92. The first-order valence-corrected chi connectivity index (χ1v) is 8.51. The first-order valence-electron chi connectivity index (χ1n) is 8.51. The summed E-state index contributed by atoms with van der Waals surface area (Å²) >= 11 is 0. The maximum absolute atomic E-state index is 5.88. The minimum absolute atomic E-state index is 0.165. The Morgan fingerprint density at radius 2 is 2.17 bits per heavy atom. The molecule has 0 spiro atoms. The molecule has 5 heteroatoms. The van der Waals surface area contributed by atoms with Crippen molar-refractivity contribution in [2.75, 3.05) is 0 Å². The molecule has 0 aliphatic heterocycles. The summed E-state index contributed by atoms with van der Waals surface area (Å²) in [5.41, 5.74) is 2.40. The van der Waals surface area contributed by atoms with Crippen LogP contribution in [0.2, 0.25) is 0 Å². The van der Waals surface area contributed by atoms with Gasteiger partial charge in [-0.2, -0.15) is 5.10 Å². The van der Waals surface area contributed by atoms with Crippen LogP contribution in [0, 0.1) is 0 Å². The van der Waals surface area contributed by atoms with E-state index in [-0.39, 0.29) is 12.1 Å². The summed E-state index contributed by atoms with van der Waals surface area (Å²) in [6, 6.07) is 6.54. The molecule has 0 saturated heterocycles.